The van der Waals surface area contributed by atoms with E-state index >= 15 is 0 Å². The van der Waals surface area contributed by atoms with Crippen molar-refractivity contribution < 1.29 is 9.15 Å². The van der Waals surface area contributed by atoms with Crippen molar-refractivity contribution in [1.82, 2.24) is 0 Å². The van der Waals surface area contributed by atoms with Crippen LogP contribution in [0.5, 0.6) is 5.75 Å². The van der Waals surface area contributed by atoms with Gasteiger partial charge in [-0.1, -0.05) is 12.1 Å². The minimum absolute atomic E-state index is 0.863. The summed E-state index contributed by atoms with van der Waals surface area (Å²) >= 11 is 0. The minimum atomic E-state index is 0.863. The zero-order valence-electron chi connectivity index (χ0n) is 10.4. The fraction of sp³-hybridized carbons (Fsp3) is 0.125. The van der Waals surface area contributed by atoms with Gasteiger partial charge in [0.2, 0.25) is 0 Å². The fourth-order valence-electron chi connectivity index (χ4n) is 2.22. The maximum absolute atomic E-state index is 5.58. The highest BCUT2D eigenvalue weighted by Gasteiger charge is 2.08. The van der Waals surface area contributed by atoms with Crippen molar-refractivity contribution in [2.24, 2.45) is 0 Å². The lowest BCUT2D eigenvalue weighted by molar-refractivity contribution is 0.415. The monoisotopic (exact) mass is 238 g/mol. The largest absolute Gasteiger partial charge is 0.497 e. The summed E-state index contributed by atoms with van der Waals surface area (Å²) in [5, 5.41) is 1.14. The van der Waals surface area contributed by atoms with Crippen molar-refractivity contribution in [2.45, 2.75) is 6.92 Å². The highest BCUT2D eigenvalue weighted by atomic mass is 16.5. The van der Waals surface area contributed by atoms with Crippen LogP contribution >= 0.6 is 0 Å². The number of benzene rings is 2. The predicted octanol–water partition coefficient (Wildman–Crippen LogP) is 4.42. The second kappa shape index (κ2) is 4.22. The molecule has 0 atom stereocenters. The van der Waals surface area contributed by atoms with Crippen LogP contribution in [-0.4, -0.2) is 7.11 Å². The summed E-state index contributed by atoms with van der Waals surface area (Å²) in [6, 6.07) is 14.3. The maximum Gasteiger partial charge on any atom is 0.141 e. The molecule has 0 aliphatic heterocycles. The van der Waals surface area contributed by atoms with Gasteiger partial charge in [0, 0.05) is 10.9 Å². The molecule has 0 saturated heterocycles. The third kappa shape index (κ3) is 1.76. The van der Waals surface area contributed by atoms with Crippen LogP contribution in [0.1, 0.15) is 5.56 Å². The summed E-state index contributed by atoms with van der Waals surface area (Å²) in [6.07, 6.45) is 1.73. The Morgan fingerprint density at radius 3 is 2.50 bits per heavy atom. The number of furan rings is 1. The Bertz CT molecular complexity index is 678. The number of hydrogen-bond donors (Lipinski definition) is 0. The zero-order valence-corrected chi connectivity index (χ0v) is 10.4. The minimum Gasteiger partial charge on any atom is -0.497 e. The number of hydrogen-bond acceptors (Lipinski definition) is 2. The highest BCUT2D eigenvalue weighted by molar-refractivity contribution is 5.93. The number of ether oxygens (including phenoxy) is 1. The molecule has 0 saturated carbocycles. The molecular weight excluding hydrogens is 224 g/mol. The van der Waals surface area contributed by atoms with Crippen LogP contribution in [0.4, 0.5) is 0 Å². The highest BCUT2D eigenvalue weighted by Crippen LogP contribution is 2.31. The van der Waals surface area contributed by atoms with E-state index in [1.165, 1.54) is 5.56 Å². The summed E-state index contributed by atoms with van der Waals surface area (Å²) in [7, 11) is 1.67. The van der Waals surface area contributed by atoms with Gasteiger partial charge in [-0.15, -0.1) is 0 Å². The first-order valence-corrected chi connectivity index (χ1v) is 5.90. The van der Waals surface area contributed by atoms with Crippen LogP contribution < -0.4 is 4.74 Å². The summed E-state index contributed by atoms with van der Waals surface area (Å²) in [5.74, 6) is 0.863. The van der Waals surface area contributed by atoms with Gasteiger partial charge < -0.3 is 9.15 Å². The van der Waals surface area contributed by atoms with Crippen molar-refractivity contribution in [3.05, 3.63) is 54.3 Å². The number of fused-ring (bicyclic) bond motifs is 1. The Morgan fingerprint density at radius 2 is 1.78 bits per heavy atom. The van der Waals surface area contributed by atoms with Crippen LogP contribution in [0, 0.1) is 6.92 Å². The molecule has 0 bridgehead atoms. The van der Waals surface area contributed by atoms with Gasteiger partial charge in [-0.3, -0.25) is 0 Å². The molecule has 3 aromatic rings. The molecule has 1 aromatic heterocycles. The molecule has 2 aromatic carbocycles. The molecule has 1 heterocycles. The summed E-state index contributed by atoms with van der Waals surface area (Å²) in [4.78, 5) is 0. The molecule has 0 aliphatic rings. The molecular formula is C16H14O2. The van der Waals surface area contributed by atoms with Crippen molar-refractivity contribution in [2.75, 3.05) is 7.11 Å². The zero-order chi connectivity index (χ0) is 12.5. The lowest BCUT2D eigenvalue weighted by Gasteiger charge is -2.06. The summed E-state index contributed by atoms with van der Waals surface area (Å²) in [6.45, 7) is 2.10. The Balaban J connectivity index is 2.20. The van der Waals surface area contributed by atoms with Crippen LogP contribution in [0.3, 0.4) is 0 Å². The lowest BCUT2D eigenvalue weighted by Crippen LogP contribution is -1.84. The molecule has 0 aliphatic carbocycles. The van der Waals surface area contributed by atoms with E-state index in [9.17, 15) is 0 Å². The molecule has 18 heavy (non-hydrogen) atoms. The van der Waals surface area contributed by atoms with Crippen molar-refractivity contribution in [1.29, 1.82) is 0 Å². The Morgan fingerprint density at radius 1 is 1.00 bits per heavy atom. The predicted molar refractivity (Wildman–Crippen MR) is 72.9 cm³/mol. The molecule has 0 N–H and O–H groups in total. The van der Waals surface area contributed by atoms with E-state index in [1.54, 1.807) is 13.4 Å². The van der Waals surface area contributed by atoms with Gasteiger partial charge in [0.05, 0.1) is 13.4 Å². The Hall–Kier alpha value is -2.22. The van der Waals surface area contributed by atoms with Crippen LogP contribution in [0.15, 0.2) is 53.1 Å². The van der Waals surface area contributed by atoms with Crippen molar-refractivity contribution in [3.8, 4) is 16.9 Å². The standard InChI is InChI=1S/C16H14O2/c1-11-9-13-7-8-18-16(13)15(10-11)12-3-5-14(17-2)6-4-12/h3-10H,1-2H3. The first-order chi connectivity index (χ1) is 8.78. The smallest absolute Gasteiger partial charge is 0.141 e. The van der Waals surface area contributed by atoms with Gasteiger partial charge in [0.15, 0.2) is 0 Å². The maximum atomic E-state index is 5.58. The molecule has 0 radical (unpaired) electrons. The van der Waals surface area contributed by atoms with Crippen LogP contribution in [-0.2, 0) is 0 Å². The second-order valence-electron chi connectivity index (χ2n) is 4.38. The Kier molecular flexibility index (Phi) is 2.56. The van der Waals surface area contributed by atoms with E-state index in [-0.39, 0.29) is 0 Å². The van der Waals surface area contributed by atoms with Gasteiger partial charge in [-0.2, -0.15) is 0 Å². The quantitative estimate of drug-likeness (QED) is 0.659. The summed E-state index contributed by atoms with van der Waals surface area (Å²) in [5.41, 5.74) is 4.43. The van der Waals surface area contributed by atoms with E-state index in [2.05, 4.69) is 31.2 Å². The SMILES string of the molecule is COc1ccc(-c2cc(C)cc3ccoc23)cc1. The fourth-order valence-corrected chi connectivity index (χ4v) is 2.22. The van der Waals surface area contributed by atoms with Gasteiger partial charge >= 0.3 is 0 Å². The van der Waals surface area contributed by atoms with E-state index in [1.807, 2.05) is 18.2 Å². The Labute approximate surface area is 106 Å². The first kappa shape index (κ1) is 10.9. The molecule has 90 valence electrons. The average molecular weight is 238 g/mol. The number of aryl methyl sites for hydroxylation is 1. The van der Waals surface area contributed by atoms with E-state index in [0.29, 0.717) is 0 Å². The second-order valence-corrected chi connectivity index (χ2v) is 4.38. The van der Waals surface area contributed by atoms with Gasteiger partial charge in [0.25, 0.3) is 0 Å². The first-order valence-electron chi connectivity index (χ1n) is 5.90. The number of rotatable bonds is 2. The number of methoxy groups -OCH3 is 1. The normalized spacial score (nSPS) is 10.8. The summed E-state index contributed by atoms with van der Waals surface area (Å²) < 4.78 is 10.8. The molecule has 2 heteroatoms. The van der Waals surface area contributed by atoms with E-state index in [4.69, 9.17) is 9.15 Å². The molecule has 2 nitrogen and oxygen atoms in total. The third-order valence-electron chi connectivity index (χ3n) is 3.10. The molecule has 3 rings (SSSR count). The van der Waals surface area contributed by atoms with Crippen LogP contribution in [0.2, 0.25) is 0 Å². The topological polar surface area (TPSA) is 22.4 Å². The molecule has 0 amide bonds. The van der Waals surface area contributed by atoms with E-state index < -0.39 is 0 Å². The van der Waals surface area contributed by atoms with Gasteiger partial charge in [0.1, 0.15) is 11.3 Å². The molecule has 0 spiro atoms. The molecule has 0 unspecified atom stereocenters. The third-order valence-corrected chi connectivity index (χ3v) is 3.10. The van der Waals surface area contributed by atoms with Crippen molar-refractivity contribution in [3.63, 3.8) is 0 Å². The van der Waals surface area contributed by atoms with E-state index in [0.717, 1.165) is 27.8 Å². The van der Waals surface area contributed by atoms with Gasteiger partial charge in [-0.05, 0) is 48.4 Å². The van der Waals surface area contributed by atoms with Crippen molar-refractivity contribution >= 4 is 11.0 Å². The molecule has 0 fully saturated rings. The van der Waals surface area contributed by atoms with Crippen LogP contribution in [0.25, 0.3) is 22.1 Å². The lowest BCUT2D eigenvalue weighted by atomic mass is 10.0. The van der Waals surface area contributed by atoms with Gasteiger partial charge in [-0.25, -0.2) is 0 Å². The average Bonchev–Trinajstić information content (AvgIpc) is 2.86.